The zero-order chi connectivity index (χ0) is 18.4. The molecule has 1 aliphatic carbocycles. The Labute approximate surface area is 155 Å². The van der Waals surface area contributed by atoms with Gasteiger partial charge in [0.15, 0.2) is 0 Å². The largest absolute Gasteiger partial charge is 0.481 e. The van der Waals surface area contributed by atoms with Crippen LogP contribution in [0.25, 0.3) is 0 Å². The minimum Gasteiger partial charge on any atom is -0.481 e. The molecular formula is C20H29N3O3. The van der Waals surface area contributed by atoms with Crippen LogP contribution in [0.2, 0.25) is 0 Å². The molecular weight excluding hydrogens is 330 g/mol. The van der Waals surface area contributed by atoms with Crippen molar-refractivity contribution in [1.29, 1.82) is 0 Å². The highest BCUT2D eigenvalue weighted by Crippen LogP contribution is 2.28. The van der Waals surface area contributed by atoms with Crippen LogP contribution < -0.4 is 15.5 Å². The predicted molar refractivity (Wildman–Crippen MR) is 103 cm³/mol. The Hall–Kier alpha value is -2.24. The first-order valence-corrected chi connectivity index (χ1v) is 9.78. The first-order chi connectivity index (χ1) is 12.6. The molecule has 1 aromatic rings. The van der Waals surface area contributed by atoms with Gasteiger partial charge < -0.3 is 20.6 Å². The zero-order valence-electron chi connectivity index (χ0n) is 15.2. The molecule has 0 aromatic heterocycles. The number of rotatable bonds is 4. The SMILES string of the molecule is O=C(Nc1ccccc1N1CCCCCC1)NC1CCC(C(=O)O)CC1. The second-order valence-corrected chi connectivity index (χ2v) is 7.40. The number of para-hydroxylation sites is 2. The van der Waals surface area contributed by atoms with E-state index < -0.39 is 5.97 Å². The van der Waals surface area contributed by atoms with E-state index in [2.05, 4.69) is 21.6 Å². The molecule has 0 unspecified atom stereocenters. The van der Waals surface area contributed by atoms with Crippen molar-refractivity contribution < 1.29 is 14.7 Å². The van der Waals surface area contributed by atoms with Gasteiger partial charge >= 0.3 is 12.0 Å². The minimum atomic E-state index is -0.723. The van der Waals surface area contributed by atoms with Gasteiger partial charge in [0.25, 0.3) is 0 Å². The quantitative estimate of drug-likeness (QED) is 0.763. The van der Waals surface area contributed by atoms with Gasteiger partial charge in [-0.25, -0.2) is 4.79 Å². The fourth-order valence-corrected chi connectivity index (χ4v) is 4.00. The average Bonchev–Trinajstić information content (AvgIpc) is 2.92. The Balaban J connectivity index is 1.57. The van der Waals surface area contributed by atoms with E-state index in [1.54, 1.807) is 0 Å². The first kappa shape index (κ1) is 18.5. The van der Waals surface area contributed by atoms with E-state index in [0.29, 0.717) is 12.8 Å². The summed E-state index contributed by atoms with van der Waals surface area (Å²) in [5, 5.41) is 15.1. The smallest absolute Gasteiger partial charge is 0.319 e. The highest BCUT2D eigenvalue weighted by molar-refractivity contribution is 5.93. The van der Waals surface area contributed by atoms with Crippen LogP contribution in [-0.4, -0.2) is 36.2 Å². The van der Waals surface area contributed by atoms with Crippen LogP contribution in [0.5, 0.6) is 0 Å². The summed E-state index contributed by atoms with van der Waals surface area (Å²) < 4.78 is 0. The monoisotopic (exact) mass is 359 g/mol. The molecule has 2 aliphatic rings. The van der Waals surface area contributed by atoms with E-state index >= 15 is 0 Å². The Bertz CT molecular complexity index is 618. The fraction of sp³-hybridized carbons (Fsp3) is 0.600. The molecule has 1 aliphatic heterocycles. The van der Waals surface area contributed by atoms with E-state index in [1.165, 1.54) is 25.7 Å². The molecule has 3 N–H and O–H groups in total. The number of aliphatic carboxylic acids is 1. The lowest BCUT2D eigenvalue weighted by atomic mass is 9.86. The molecule has 1 saturated heterocycles. The number of carbonyl (C=O) groups excluding carboxylic acids is 1. The molecule has 0 bridgehead atoms. The summed E-state index contributed by atoms with van der Waals surface area (Å²) >= 11 is 0. The molecule has 1 saturated carbocycles. The van der Waals surface area contributed by atoms with Gasteiger partial charge in [0, 0.05) is 19.1 Å². The second kappa shape index (κ2) is 8.92. The van der Waals surface area contributed by atoms with Crippen molar-refractivity contribution in [1.82, 2.24) is 5.32 Å². The molecule has 3 rings (SSSR count). The van der Waals surface area contributed by atoms with Crippen LogP contribution in [0, 0.1) is 5.92 Å². The maximum atomic E-state index is 12.4. The molecule has 26 heavy (non-hydrogen) atoms. The Morgan fingerprint density at radius 3 is 2.27 bits per heavy atom. The van der Waals surface area contributed by atoms with Crippen molar-refractivity contribution in [2.45, 2.75) is 57.4 Å². The third kappa shape index (κ3) is 4.90. The van der Waals surface area contributed by atoms with Gasteiger partial charge in [-0.2, -0.15) is 0 Å². The number of carboxylic acids is 1. The van der Waals surface area contributed by atoms with Crippen LogP contribution >= 0.6 is 0 Å². The first-order valence-electron chi connectivity index (χ1n) is 9.78. The van der Waals surface area contributed by atoms with Gasteiger partial charge in [0.1, 0.15) is 0 Å². The Kier molecular flexibility index (Phi) is 6.36. The summed E-state index contributed by atoms with van der Waals surface area (Å²) in [5.41, 5.74) is 1.92. The van der Waals surface area contributed by atoms with Crippen LogP contribution in [0.3, 0.4) is 0 Å². The number of carboxylic acid groups (broad SMARTS) is 1. The summed E-state index contributed by atoms with van der Waals surface area (Å²) in [7, 11) is 0. The molecule has 1 aromatic carbocycles. The van der Waals surface area contributed by atoms with Crippen molar-refractivity contribution in [2.75, 3.05) is 23.3 Å². The van der Waals surface area contributed by atoms with Crippen LogP contribution in [0.15, 0.2) is 24.3 Å². The number of hydrogen-bond acceptors (Lipinski definition) is 3. The minimum absolute atomic E-state index is 0.0518. The van der Waals surface area contributed by atoms with Gasteiger partial charge in [-0.15, -0.1) is 0 Å². The molecule has 0 atom stereocenters. The number of hydrogen-bond donors (Lipinski definition) is 3. The zero-order valence-corrected chi connectivity index (χ0v) is 15.2. The van der Waals surface area contributed by atoms with Crippen molar-refractivity contribution in [3.63, 3.8) is 0 Å². The van der Waals surface area contributed by atoms with Crippen LogP contribution in [0.4, 0.5) is 16.2 Å². The molecule has 2 fully saturated rings. The van der Waals surface area contributed by atoms with Crippen LogP contribution in [0.1, 0.15) is 51.4 Å². The van der Waals surface area contributed by atoms with E-state index in [1.807, 2.05) is 18.2 Å². The Morgan fingerprint density at radius 1 is 0.962 bits per heavy atom. The van der Waals surface area contributed by atoms with Crippen molar-refractivity contribution in [3.05, 3.63) is 24.3 Å². The molecule has 6 nitrogen and oxygen atoms in total. The standard InChI is InChI=1S/C20H29N3O3/c24-19(25)15-9-11-16(12-10-15)21-20(26)22-17-7-3-4-8-18(17)23-13-5-1-2-6-14-23/h3-4,7-8,15-16H,1-2,5-6,9-14H2,(H,24,25)(H2,21,22,26). The third-order valence-corrected chi connectivity index (χ3v) is 5.51. The van der Waals surface area contributed by atoms with Gasteiger partial charge in [0.2, 0.25) is 0 Å². The number of nitrogens with zero attached hydrogens (tertiary/aromatic N) is 1. The number of anilines is 2. The summed E-state index contributed by atoms with van der Waals surface area (Å²) in [6, 6.07) is 7.81. The average molecular weight is 359 g/mol. The fourth-order valence-electron chi connectivity index (χ4n) is 4.00. The third-order valence-electron chi connectivity index (χ3n) is 5.51. The number of amides is 2. The summed E-state index contributed by atoms with van der Waals surface area (Å²) in [6.45, 7) is 2.05. The maximum absolute atomic E-state index is 12.4. The highest BCUT2D eigenvalue weighted by atomic mass is 16.4. The molecule has 0 radical (unpaired) electrons. The summed E-state index contributed by atoms with van der Waals surface area (Å²) in [4.78, 5) is 25.8. The van der Waals surface area contributed by atoms with E-state index in [4.69, 9.17) is 5.11 Å². The Morgan fingerprint density at radius 2 is 1.62 bits per heavy atom. The van der Waals surface area contributed by atoms with Gasteiger partial charge in [0.05, 0.1) is 17.3 Å². The number of carbonyl (C=O) groups is 2. The van der Waals surface area contributed by atoms with E-state index in [0.717, 1.165) is 37.3 Å². The normalized spacial score (nSPS) is 23.8. The topological polar surface area (TPSA) is 81.7 Å². The lowest BCUT2D eigenvalue weighted by Crippen LogP contribution is -2.41. The van der Waals surface area contributed by atoms with Crippen molar-refractivity contribution >= 4 is 23.4 Å². The summed E-state index contributed by atoms with van der Waals surface area (Å²) in [6.07, 6.45) is 7.61. The number of benzene rings is 1. The molecule has 142 valence electrons. The molecule has 6 heteroatoms. The second-order valence-electron chi connectivity index (χ2n) is 7.40. The van der Waals surface area contributed by atoms with Gasteiger partial charge in [-0.3, -0.25) is 4.79 Å². The molecule has 1 heterocycles. The maximum Gasteiger partial charge on any atom is 0.319 e. The van der Waals surface area contributed by atoms with E-state index in [-0.39, 0.29) is 18.0 Å². The van der Waals surface area contributed by atoms with Gasteiger partial charge in [-0.05, 0) is 50.7 Å². The van der Waals surface area contributed by atoms with Gasteiger partial charge in [-0.1, -0.05) is 25.0 Å². The lowest BCUT2D eigenvalue weighted by Gasteiger charge is -2.28. The van der Waals surface area contributed by atoms with E-state index in [9.17, 15) is 9.59 Å². The summed E-state index contributed by atoms with van der Waals surface area (Å²) in [5.74, 6) is -0.987. The number of urea groups is 1. The van der Waals surface area contributed by atoms with Crippen LogP contribution in [-0.2, 0) is 4.79 Å². The predicted octanol–water partition coefficient (Wildman–Crippen LogP) is 3.83. The molecule has 0 spiro atoms. The number of nitrogens with one attached hydrogen (secondary N) is 2. The lowest BCUT2D eigenvalue weighted by molar-refractivity contribution is -0.142. The van der Waals surface area contributed by atoms with Crippen molar-refractivity contribution in [2.24, 2.45) is 5.92 Å². The highest BCUT2D eigenvalue weighted by Gasteiger charge is 2.26. The van der Waals surface area contributed by atoms with Crippen molar-refractivity contribution in [3.8, 4) is 0 Å². The molecule has 2 amide bonds.